The molecule has 0 spiro atoms. The summed E-state index contributed by atoms with van der Waals surface area (Å²) < 4.78 is 2.65. The highest BCUT2D eigenvalue weighted by atomic mass is 127. The summed E-state index contributed by atoms with van der Waals surface area (Å²) in [5, 5.41) is 0.948. The molecule has 2 heterocycles. The van der Waals surface area contributed by atoms with E-state index in [0.29, 0.717) is 9.39 Å². The Morgan fingerprint density at radius 2 is 1.91 bits per heavy atom. The molecule has 0 bridgehead atoms. The van der Waals surface area contributed by atoms with E-state index in [1.54, 1.807) is 0 Å². The van der Waals surface area contributed by atoms with Crippen molar-refractivity contribution in [2.45, 2.75) is 13.5 Å². The maximum absolute atomic E-state index is 12.3. The Bertz CT molecular complexity index is 1000. The van der Waals surface area contributed by atoms with Crippen LogP contribution in [-0.2, 0) is 13.6 Å². The van der Waals surface area contributed by atoms with Crippen molar-refractivity contribution >= 4 is 39.3 Å². The van der Waals surface area contributed by atoms with Crippen molar-refractivity contribution in [3.05, 3.63) is 60.2 Å². The van der Waals surface area contributed by atoms with Crippen LogP contribution in [0, 0.1) is 10.5 Å². The summed E-state index contributed by atoms with van der Waals surface area (Å²) in [6.07, 6.45) is 0. The Balaban J connectivity index is 2.17. The third kappa shape index (κ3) is 2.62. The maximum Gasteiger partial charge on any atom is 0.332 e. The summed E-state index contributed by atoms with van der Waals surface area (Å²) >= 11 is 1.84. The fourth-order valence-electron chi connectivity index (χ4n) is 2.39. The van der Waals surface area contributed by atoms with Crippen molar-refractivity contribution in [1.29, 1.82) is 0 Å². The second kappa shape index (κ2) is 5.76. The third-order valence-corrected chi connectivity index (χ3v) is 4.69. The number of hydrogen-bond donors (Lipinski definition) is 1. The Kier molecular flexibility index (Phi) is 3.92. The van der Waals surface area contributed by atoms with Crippen LogP contribution in [0.2, 0.25) is 0 Å². The summed E-state index contributed by atoms with van der Waals surface area (Å²) in [5.41, 5.74) is 6.43. The molecule has 1 aromatic carbocycles. The molecular weight excluding hydrogens is 409 g/mol. The van der Waals surface area contributed by atoms with Crippen LogP contribution in [0.1, 0.15) is 11.5 Å². The number of aromatic nitrogens is 4. The number of rotatable bonds is 2. The molecule has 0 saturated carbocycles. The zero-order chi connectivity index (χ0) is 16.7. The van der Waals surface area contributed by atoms with Crippen molar-refractivity contribution in [2.24, 2.45) is 7.05 Å². The number of nitrogen functional groups attached to an aromatic ring is 1. The van der Waals surface area contributed by atoms with Gasteiger partial charge in [-0.3, -0.25) is 13.9 Å². The van der Waals surface area contributed by atoms with E-state index in [0.717, 1.165) is 21.2 Å². The molecule has 0 saturated heterocycles. The number of hydrogen-bond acceptors (Lipinski definition) is 5. The van der Waals surface area contributed by atoms with E-state index >= 15 is 0 Å². The van der Waals surface area contributed by atoms with Crippen molar-refractivity contribution in [2.75, 3.05) is 5.73 Å². The van der Waals surface area contributed by atoms with Gasteiger partial charge in [-0.25, -0.2) is 14.8 Å². The van der Waals surface area contributed by atoms with E-state index < -0.39 is 11.2 Å². The van der Waals surface area contributed by atoms with Gasteiger partial charge >= 0.3 is 5.69 Å². The molecule has 0 aliphatic heterocycles. The van der Waals surface area contributed by atoms with Gasteiger partial charge in [0.15, 0.2) is 0 Å². The van der Waals surface area contributed by atoms with Crippen molar-refractivity contribution in [3.8, 4) is 0 Å². The van der Waals surface area contributed by atoms with Gasteiger partial charge < -0.3 is 5.73 Å². The van der Waals surface area contributed by atoms with Crippen LogP contribution in [0.4, 0.5) is 5.82 Å². The summed E-state index contributed by atoms with van der Waals surface area (Å²) in [6, 6.07) is 7.61. The standard InChI is InChI=1S/C15H14IN5O2/c1-8-9-5-3-4-6-10(9)19-11(18-8)7-21-14(22)12(16)13(17)20(2)15(21)23/h3-6H,7,17H2,1-2H3. The lowest BCUT2D eigenvalue weighted by molar-refractivity contribution is 0.621. The second-order valence-corrected chi connectivity index (χ2v) is 6.25. The normalized spacial score (nSPS) is 11.1. The largest absolute Gasteiger partial charge is 0.384 e. The first-order valence-corrected chi connectivity index (χ1v) is 7.95. The minimum Gasteiger partial charge on any atom is -0.384 e. The van der Waals surface area contributed by atoms with Crippen LogP contribution in [0.15, 0.2) is 33.9 Å². The highest BCUT2D eigenvalue weighted by molar-refractivity contribution is 14.1. The van der Waals surface area contributed by atoms with Crippen LogP contribution >= 0.6 is 22.6 Å². The number of para-hydroxylation sites is 1. The smallest absolute Gasteiger partial charge is 0.332 e. The van der Waals surface area contributed by atoms with E-state index in [2.05, 4.69) is 9.97 Å². The van der Waals surface area contributed by atoms with E-state index in [1.165, 1.54) is 11.6 Å². The summed E-state index contributed by atoms with van der Waals surface area (Å²) in [7, 11) is 1.53. The van der Waals surface area contributed by atoms with Crippen molar-refractivity contribution in [1.82, 2.24) is 19.1 Å². The molecule has 0 aliphatic carbocycles. The monoisotopic (exact) mass is 423 g/mol. The molecule has 23 heavy (non-hydrogen) atoms. The third-order valence-electron chi connectivity index (χ3n) is 3.68. The molecule has 0 fully saturated rings. The highest BCUT2D eigenvalue weighted by Gasteiger charge is 2.15. The maximum atomic E-state index is 12.3. The van der Waals surface area contributed by atoms with Gasteiger partial charge in [0.05, 0.1) is 12.1 Å². The van der Waals surface area contributed by atoms with E-state index in [4.69, 9.17) is 5.73 Å². The zero-order valence-electron chi connectivity index (χ0n) is 12.6. The number of nitrogens with zero attached hydrogens (tertiary/aromatic N) is 4. The molecule has 3 rings (SSSR count). The fourth-order valence-corrected chi connectivity index (χ4v) is 3.05. The molecule has 0 atom stereocenters. The van der Waals surface area contributed by atoms with Crippen LogP contribution in [0.25, 0.3) is 10.9 Å². The predicted octanol–water partition coefficient (Wildman–Crippen LogP) is 1.03. The van der Waals surface area contributed by atoms with Gasteiger partial charge in [0.25, 0.3) is 5.56 Å². The molecule has 2 N–H and O–H groups in total. The van der Waals surface area contributed by atoms with Gasteiger partial charge in [-0.1, -0.05) is 18.2 Å². The minimum absolute atomic E-state index is 0.00740. The highest BCUT2D eigenvalue weighted by Crippen LogP contribution is 2.14. The Labute approximate surface area is 144 Å². The number of aryl methyl sites for hydroxylation is 1. The number of benzene rings is 1. The van der Waals surface area contributed by atoms with E-state index in [-0.39, 0.29) is 12.4 Å². The molecular formula is C15H14IN5O2. The summed E-state index contributed by atoms with van der Waals surface area (Å²) in [5.74, 6) is 0.577. The first kappa shape index (κ1) is 15.7. The second-order valence-electron chi connectivity index (χ2n) is 5.17. The molecule has 2 aromatic heterocycles. The first-order chi connectivity index (χ1) is 10.9. The number of halogens is 1. The predicted molar refractivity (Wildman–Crippen MR) is 96.4 cm³/mol. The van der Waals surface area contributed by atoms with Gasteiger partial charge in [-0.05, 0) is 35.6 Å². The summed E-state index contributed by atoms with van der Waals surface area (Å²) in [4.78, 5) is 33.5. The Hall–Kier alpha value is -2.23. The van der Waals surface area contributed by atoms with Crippen LogP contribution in [0.5, 0.6) is 0 Å². The lowest BCUT2D eigenvalue weighted by Gasteiger charge is -2.11. The van der Waals surface area contributed by atoms with Crippen molar-refractivity contribution < 1.29 is 0 Å². The van der Waals surface area contributed by atoms with Crippen LogP contribution in [-0.4, -0.2) is 19.1 Å². The lowest BCUT2D eigenvalue weighted by Crippen LogP contribution is -2.42. The molecule has 8 heteroatoms. The van der Waals surface area contributed by atoms with Gasteiger partial charge in [-0.2, -0.15) is 0 Å². The molecule has 0 unspecified atom stereocenters. The van der Waals surface area contributed by atoms with Gasteiger partial charge in [0, 0.05) is 18.1 Å². The number of anilines is 1. The Morgan fingerprint density at radius 3 is 2.65 bits per heavy atom. The van der Waals surface area contributed by atoms with E-state index in [1.807, 2.05) is 53.8 Å². The molecule has 3 aromatic rings. The zero-order valence-corrected chi connectivity index (χ0v) is 14.7. The fraction of sp³-hybridized carbons (Fsp3) is 0.200. The number of fused-ring (bicyclic) bond motifs is 1. The molecule has 7 nitrogen and oxygen atoms in total. The number of nitrogens with two attached hydrogens (primary N) is 1. The van der Waals surface area contributed by atoms with Crippen LogP contribution < -0.4 is 17.0 Å². The molecule has 0 aliphatic rings. The van der Waals surface area contributed by atoms with Gasteiger partial charge in [-0.15, -0.1) is 0 Å². The van der Waals surface area contributed by atoms with Crippen LogP contribution in [0.3, 0.4) is 0 Å². The van der Waals surface area contributed by atoms with Crippen molar-refractivity contribution in [3.63, 3.8) is 0 Å². The average molecular weight is 423 g/mol. The first-order valence-electron chi connectivity index (χ1n) is 6.87. The van der Waals surface area contributed by atoms with E-state index in [9.17, 15) is 9.59 Å². The lowest BCUT2D eigenvalue weighted by atomic mass is 10.2. The van der Waals surface area contributed by atoms with Gasteiger partial charge in [0.2, 0.25) is 0 Å². The average Bonchev–Trinajstić information content (AvgIpc) is 2.55. The quantitative estimate of drug-likeness (QED) is 0.622. The molecule has 118 valence electrons. The van der Waals surface area contributed by atoms with Gasteiger partial charge in [0.1, 0.15) is 15.2 Å². The molecule has 0 amide bonds. The topological polar surface area (TPSA) is 95.8 Å². The SMILES string of the molecule is Cc1nc(Cn2c(=O)c(I)c(N)n(C)c2=O)nc2ccccc12. The summed E-state index contributed by atoms with van der Waals surface area (Å²) in [6.45, 7) is 1.88. The Morgan fingerprint density at radius 1 is 1.22 bits per heavy atom. The molecule has 0 radical (unpaired) electrons. The minimum atomic E-state index is -0.484.